The van der Waals surface area contributed by atoms with Crippen LogP contribution in [0, 0.1) is 0 Å². The van der Waals surface area contributed by atoms with Crippen molar-refractivity contribution in [1.29, 1.82) is 0 Å². The van der Waals surface area contributed by atoms with Gasteiger partial charge in [0.1, 0.15) is 5.76 Å². The van der Waals surface area contributed by atoms with E-state index in [0.29, 0.717) is 6.54 Å². The van der Waals surface area contributed by atoms with Gasteiger partial charge in [0, 0.05) is 12.7 Å². The summed E-state index contributed by atoms with van der Waals surface area (Å²) in [4.78, 5) is 1.93. The molecule has 0 aromatic rings. The number of hydrogen-bond acceptors (Lipinski definition) is 2. The first kappa shape index (κ1) is 10.8. The lowest BCUT2D eigenvalue weighted by Gasteiger charge is -2.19. The van der Waals surface area contributed by atoms with Gasteiger partial charge in [0.25, 0.3) is 0 Å². The maximum absolute atomic E-state index is 8.95. The molecule has 0 aliphatic heterocycles. The van der Waals surface area contributed by atoms with Crippen molar-refractivity contribution >= 4 is 0 Å². The Labute approximate surface area is 74.5 Å². The Hall–Kier alpha value is -1.18. The number of likely N-dealkylation sites (N-methyl/N-ethyl adjacent to an activating group) is 1. The summed E-state index contributed by atoms with van der Waals surface area (Å²) in [7, 11) is 1.91. The molecule has 1 N–H and O–H groups in total. The van der Waals surface area contributed by atoms with Crippen LogP contribution in [0.25, 0.3) is 0 Å². The van der Waals surface area contributed by atoms with E-state index in [1.165, 1.54) is 0 Å². The number of hydrogen-bond donors (Lipinski definition) is 1. The monoisotopic (exact) mass is 167 g/mol. The topological polar surface area (TPSA) is 23.5 Å². The second kappa shape index (κ2) is 5.47. The zero-order chi connectivity index (χ0) is 9.56. The third kappa shape index (κ3) is 3.86. The molecule has 0 heterocycles. The lowest BCUT2D eigenvalue weighted by Crippen LogP contribution is -2.18. The Balaban J connectivity index is 4.23. The van der Waals surface area contributed by atoms with E-state index >= 15 is 0 Å². The minimum Gasteiger partial charge on any atom is -0.511 e. The maximum Gasteiger partial charge on any atom is 0.104 e. The van der Waals surface area contributed by atoms with E-state index in [4.69, 9.17) is 5.11 Å². The van der Waals surface area contributed by atoms with Crippen LogP contribution in [-0.4, -0.2) is 23.6 Å². The van der Waals surface area contributed by atoms with Crippen molar-refractivity contribution in [3.05, 3.63) is 36.3 Å². The van der Waals surface area contributed by atoms with E-state index < -0.39 is 0 Å². The Morgan fingerprint density at radius 1 is 1.50 bits per heavy atom. The first-order valence-electron chi connectivity index (χ1n) is 3.98. The molecule has 0 aromatic heterocycles. The number of allylic oxidation sites excluding steroid dienone is 3. The van der Waals surface area contributed by atoms with Crippen LogP contribution in [0.1, 0.15) is 13.8 Å². The molecule has 0 radical (unpaired) electrons. The van der Waals surface area contributed by atoms with E-state index in [1.807, 2.05) is 44.0 Å². The largest absolute Gasteiger partial charge is 0.511 e. The van der Waals surface area contributed by atoms with Crippen molar-refractivity contribution in [2.45, 2.75) is 13.8 Å². The van der Waals surface area contributed by atoms with Crippen molar-refractivity contribution in [1.82, 2.24) is 4.90 Å². The number of rotatable bonds is 4. The van der Waals surface area contributed by atoms with Gasteiger partial charge in [-0.25, -0.2) is 0 Å². The molecule has 0 atom stereocenters. The van der Waals surface area contributed by atoms with Crippen molar-refractivity contribution in [3.8, 4) is 0 Å². The summed E-state index contributed by atoms with van der Waals surface area (Å²) < 4.78 is 0. The minimum atomic E-state index is 0.182. The molecule has 12 heavy (non-hydrogen) atoms. The summed E-state index contributed by atoms with van der Waals surface area (Å²) in [5.41, 5.74) is 1.08. The van der Waals surface area contributed by atoms with Crippen LogP contribution >= 0.6 is 0 Å². The van der Waals surface area contributed by atoms with Gasteiger partial charge in [-0.3, -0.25) is 0 Å². The van der Waals surface area contributed by atoms with Crippen molar-refractivity contribution in [2.24, 2.45) is 0 Å². The number of aliphatic hydroxyl groups is 1. The molecule has 0 rings (SSSR count). The first-order valence-corrected chi connectivity index (χ1v) is 3.98. The van der Waals surface area contributed by atoms with Crippen LogP contribution in [0.3, 0.4) is 0 Å². The normalized spacial score (nSPS) is 12.1. The van der Waals surface area contributed by atoms with E-state index in [-0.39, 0.29) is 5.76 Å². The highest BCUT2D eigenvalue weighted by molar-refractivity contribution is 5.16. The molecule has 0 aliphatic carbocycles. The number of aliphatic hydroxyl groups excluding tert-OH is 1. The summed E-state index contributed by atoms with van der Waals surface area (Å²) in [6.07, 6.45) is 5.94. The zero-order valence-corrected chi connectivity index (χ0v) is 8.04. The third-order valence-electron chi connectivity index (χ3n) is 1.49. The maximum atomic E-state index is 8.95. The van der Waals surface area contributed by atoms with Crippen LogP contribution in [0.15, 0.2) is 36.3 Å². The molecule has 0 aliphatic rings. The predicted octanol–water partition coefficient (Wildman–Crippen LogP) is 2.47. The molecule has 0 saturated heterocycles. The fourth-order valence-corrected chi connectivity index (χ4v) is 0.980. The minimum absolute atomic E-state index is 0.182. The summed E-state index contributed by atoms with van der Waals surface area (Å²) >= 11 is 0. The van der Waals surface area contributed by atoms with Gasteiger partial charge in [-0.15, -0.1) is 0 Å². The molecule has 0 saturated carbocycles. The van der Waals surface area contributed by atoms with Crippen LogP contribution in [0.2, 0.25) is 0 Å². The van der Waals surface area contributed by atoms with Gasteiger partial charge in [0.2, 0.25) is 0 Å². The van der Waals surface area contributed by atoms with Crippen molar-refractivity contribution in [3.63, 3.8) is 0 Å². The molecule has 2 heteroatoms. The fraction of sp³-hybridized carbons (Fsp3) is 0.400. The summed E-state index contributed by atoms with van der Waals surface area (Å²) in [6, 6.07) is 0. The highest BCUT2D eigenvalue weighted by Crippen LogP contribution is 2.04. The van der Waals surface area contributed by atoms with E-state index in [0.717, 1.165) is 5.70 Å². The first-order chi connectivity index (χ1) is 5.61. The fourth-order valence-electron chi connectivity index (χ4n) is 0.980. The molecule has 68 valence electrons. The molecule has 0 amide bonds. The van der Waals surface area contributed by atoms with Gasteiger partial charge >= 0.3 is 0 Å². The summed E-state index contributed by atoms with van der Waals surface area (Å²) in [5, 5.41) is 8.95. The lowest BCUT2D eigenvalue weighted by atomic mass is 10.3. The highest BCUT2D eigenvalue weighted by atomic mass is 16.3. The quantitative estimate of drug-likeness (QED) is 0.513. The molecule has 2 nitrogen and oxygen atoms in total. The Bertz CT molecular complexity index is 204. The van der Waals surface area contributed by atoms with E-state index in [9.17, 15) is 0 Å². The van der Waals surface area contributed by atoms with Crippen LogP contribution in [0.5, 0.6) is 0 Å². The van der Waals surface area contributed by atoms with E-state index in [1.54, 1.807) is 0 Å². The standard InChI is InChI=1S/C10H17NO/c1-5-7-10(6-2)11(4)8-9(3)12/h5-7,12H,3,8H2,1-2,4H3/b7-5-,10-6+. The van der Waals surface area contributed by atoms with Crippen LogP contribution in [-0.2, 0) is 0 Å². The molecule has 0 fully saturated rings. The highest BCUT2D eigenvalue weighted by Gasteiger charge is 1.99. The average molecular weight is 167 g/mol. The lowest BCUT2D eigenvalue weighted by molar-refractivity contribution is 0.335. The Morgan fingerprint density at radius 3 is 2.42 bits per heavy atom. The molecule has 0 spiro atoms. The smallest absolute Gasteiger partial charge is 0.104 e. The van der Waals surface area contributed by atoms with Gasteiger partial charge in [0.15, 0.2) is 0 Å². The van der Waals surface area contributed by atoms with Gasteiger partial charge in [0.05, 0.1) is 6.54 Å². The van der Waals surface area contributed by atoms with E-state index in [2.05, 4.69) is 6.58 Å². The summed E-state index contributed by atoms with van der Waals surface area (Å²) in [5.74, 6) is 0.182. The predicted molar refractivity (Wildman–Crippen MR) is 53.0 cm³/mol. The van der Waals surface area contributed by atoms with Gasteiger partial charge in [-0.1, -0.05) is 18.7 Å². The molecule has 0 unspecified atom stereocenters. The third-order valence-corrected chi connectivity index (χ3v) is 1.49. The number of nitrogens with zero attached hydrogens (tertiary/aromatic N) is 1. The van der Waals surface area contributed by atoms with Crippen LogP contribution in [0.4, 0.5) is 0 Å². The van der Waals surface area contributed by atoms with Crippen molar-refractivity contribution in [2.75, 3.05) is 13.6 Å². The Morgan fingerprint density at radius 2 is 2.08 bits per heavy atom. The van der Waals surface area contributed by atoms with Gasteiger partial charge in [-0.2, -0.15) is 0 Å². The second-order valence-electron chi connectivity index (χ2n) is 2.64. The molecular formula is C10H17NO. The average Bonchev–Trinajstić information content (AvgIpc) is 1.98. The SMILES string of the molecule is C=C(O)CN(C)C(/C=C\C)=C/C. The molecule has 0 bridgehead atoms. The molecular weight excluding hydrogens is 150 g/mol. The van der Waals surface area contributed by atoms with Crippen molar-refractivity contribution < 1.29 is 5.11 Å². The second-order valence-corrected chi connectivity index (χ2v) is 2.64. The molecule has 0 aromatic carbocycles. The zero-order valence-electron chi connectivity index (χ0n) is 8.04. The van der Waals surface area contributed by atoms with Crippen LogP contribution < -0.4 is 0 Å². The van der Waals surface area contributed by atoms with Gasteiger partial charge in [-0.05, 0) is 19.9 Å². The summed E-state index contributed by atoms with van der Waals surface area (Å²) in [6.45, 7) is 7.84. The van der Waals surface area contributed by atoms with Gasteiger partial charge < -0.3 is 10.0 Å². The Kier molecular flexibility index (Phi) is 4.93.